The van der Waals surface area contributed by atoms with Crippen LogP contribution in [0.15, 0.2) is 47.6 Å². The maximum absolute atomic E-state index is 12.0. The van der Waals surface area contributed by atoms with Gasteiger partial charge in [0.25, 0.3) is 0 Å². The largest absolute Gasteiger partial charge is 0.497 e. The lowest BCUT2D eigenvalue weighted by molar-refractivity contribution is -0.136. The number of ether oxygens (including phenoxy) is 2. The van der Waals surface area contributed by atoms with Gasteiger partial charge in [0.2, 0.25) is 0 Å². The predicted molar refractivity (Wildman–Crippen MR) is 95.4 cm³/mol. The van der Waals surface area contributed by atoms with Gasteiger partial charge in [0.15, 0.2) is 0 Å². The molecule has 25 heavy (non-hydrogen) atoms. The lowest BCUT2D eigenvalue weighted by Crippen LogP contribution is -2.32. The number of nitrogens with zero attached hydrogens (tertiary/aromatic N) is 1. The number of halogens is 1. The molecule has 0 heterocycles. The van der Waals surface area contributed by atoms with Crippen LogP contribution in [0.5, 0.6) is 11.5 Å². The normalized spacial score (nSPS) is 10.4. The third kappa shape index (κ3) is 4.95. The van der Waals surface area contributed by atoms with Crippen molar-refractivity contribution in [2.75, 3.05) is 19.5 Å². The zero-order valence-electron chi connectivity index (χ0n) is 13.6. The summed E-state index contributed by atoms with van der Waals surface area (Å²) in [6.45, 7) is 0. The van der Waals surface area contributed by atoms with Gasteiger partial charge in [0.1, 0.15) is 11.5 Å². The SMILES string of the molecule is COc1ccc(OC)c(NC(=O)C(=O)N/N=C/c2ccccc2Cl)c1. The minimum Gasteiger partial charge on any atom is -0.497 e. The van der Waals surface area contributed by atoms with Crippen molar-refractivity contribution in [1.82, 2.24) is 5.43 Å². The van der Waals surface area contributed by atoms with Crippen molar-refractivity contribution < 1.29 is 19.1 Å². The van der Waals surface area contributed by atoms with Gasteiger partial charge in [0, 0.05) is 16.7 Å². The number of rotatable bonds is 5. The highest BCUT2D eigenvalue weighted by atomic mass is 35.5. The van der Waals surface area contributed by atoms with Crippen LogP contribution in [0.4, 0.5) is 5.69 Å². The topological polar surface area (TPSA) is 89.0 Å². The van der Waals surface area contributed by atoms with Crippen LogP contribution in [-0.2, 0) is 9.59 Å². The van der Waals surface area contributed by atoms with Gasteiger partial charge in [-0.15, -0.1) is 0 Å². The van der Waals surface area contributed by atoms with Crippen LogP contribution >= 0.6 is 11.6 Å². The summed E-state index contributed by atoms with van der Waals surface area (Å²) in [6.07, 6.45) is 1.35. The molecule has 0 spiro atoms. The molecule has 2 N–H and O–H groups in total. The van der Waals surface area contributed by atoms with Crippen molar-refractivity contribution in [3.63, 3.8) is 0 Å². The van der Waals surface area contributed by atoms with Crippen LogP contribution in [0.2, 0.25) is 5.02 Å². The molecule has 0 bridgehead atoms. The smallest absolute Gasteiger partial charge is 0.329 e. The number of carbonyl (C=O) groups excluding carboxylic acids is 2. The number of hydrogen-bond acceptors (Lipinski definition) is 5. The molecule has 0 radical (unpaired) electrons. The molecule has 130 valence electrons. The zero-order valence-corrected chi connectivity index (χ0v) is 14.3. The monoisotopic (exact) mass is 361 g/mol. The summed E-state index contributed by atoms with van der Waals surface area (Å²) < 4.78 is 10.2. The third-order valence-electron chi connectivity index (χ3n) is 3.14. The fourth-order valence-corrected chi connectivity index (χ4v) is 2.07. The molecular formula is C17H16ClN3O4. The summed E-state index contributed by atoms with van der Waals surface area (Å²) in [6, 6.07) is 11.8. The summed E-state index contributed by atoms with van der Waals surface area (Å²) in [5.41, 5.74) is 3.05. The van der Waals surface area contributed by atoms with Crippen molar-refractivity contribution in [3.05, 3.63) is 53.1 Å². The van der Waals surface area contributed by atoms with Crippen LogP contribution in [-0.4, -0.2) is 32.2 Å². The Labute approximate surface area is 149 Å². The van der Waals surface area contributed by atoms with E-state index in [1.54, 1.807) is 36.4 Å². The van der Waals surface area contributed by atoms with Crippen LogP contribution in [0.3, 0.4) is 0 Å². The number of hydrogen-bond donors (Lipinski definition) is 2. The lowest BCUT2D eigenvalue weighted by atomic mass is 10.2. The second kappa shape index (κ2) is 8.70. The highest BCUT2D eigenvalue weighted by molar-refractivity contribution is 6.39. The van der Waals surface area contributed by atoms with Crippen LogP contribution < -0.4 is 20.2 Å². The molecule has 0 aliphatic carbocycles. The summed E-state index contributed by atoms with van der Waals surface area (Å²) in [5, 5.41) is 6.63. The summed E-state index contributed by atoms with van der Waals surface area (Å²) in [7, 11) is 2.94. The van der Waals surface area contributed by atoms with E-state index in [-0.39, 0.29) is 0 Å². The quantitative estimate of drug-likeness (QED) is 0.486. The molecule has 7 nitrogen and oxygen atoms in total. The summed E-state index contributed by atoms with van der Waals surface area (Å²) in [5.74, 6) is -0.939. The van der Waals surface area contributed by atoms with E-state index >= 15 is 0 Å². The number of methoxy groups -OCH3 is 2. The van der Waals surface area contributed by atoms with Crippen molar-refractivity contribution in [3.8, 4) is 11.5 Å². The number of carbonyl (C=O) groups is 2. The van der Waals surface area contributed by atoms with Gasteiger partial charge in [-0.2, -0.15) is 5.10 Å². The molecule has 2 aromatic carbocycles. The molecule has 0 atom stereocenters. The van der Waals surface area contributed by atoms with E-state index in [4.69, 9.17) is 21.1 Å². The Morgan fingerprint density at radius 2 is 1.84 bits per heavy atom. The molecule has 0 saturated heterocycles. The number of benzene rings is 2. The van der Waals surface area contributed by atoms with E-state index in [2.05, 4.69) is 15.8 Å². The van der Waals surface area contributed by atoms with E-state index in [1.807, 2.05) is 0 Å². The predicted octanol–water partition coefficient (Wildman–Crippen LogP) is 2.45. The lowest BCUT2D eigenvalue weighted by Gasteiger charge is -2.11. The fourth-order valence-electron chi connectivity index (χ4n) is 1.88. The van der Waals surface area contributed by atoms with Gasteiger partial charge < -0.3 is 14.8 Å². The first-order chi connectivity index (χ1) is 12.0. The number of amides is 2. The third-order valence-corrected chi connectivity index (χ3v) is 3.48. The molecule has 0 aromatic heterocycles. The Hall–Kier alpha value is -3.06. The van der Waals surface area contributed by atoms with E-state index in [0.717, 1.165) is 0 Å². The van der Waals surface area contributed by atoms with Gasteiger partial charge in [-0.25, -0.2) is 5.43 Å². The minimum absolute atomic E-state index is 0.303. The summed E-state index contributed by atoms with van der Waals surface area (Å²) >= 11 is 5.96. The maximum Gasteiger partial charge on any atom is 0.329 e. The molecule has 0 fully saturated rings. The Morgan fingerprint density at radius 1 is 1.08 bits per heavy atom. The molecule has 0 unspecified atom stereocenters. The van der Waals surface area contributed by atoms with Crippen molar-refractivity contribution >= 4 is 35.3 Å². The molecular weight excluding hydrogens is 346 g/mol. The van der Waals surface area contributed by atoms with E-state index < -0.39 is 11.8 Å². The van der Waals surface area contributed by atoms with Crippen molar-refractivity contribution in [2.24, 2.45) is 5.10 Å². The Kier molecular flexibility index (Phi) is 6.36. The van der Waals surface area contributed by atoms with Crippen LogP contribution in [0.1, 0.15) is 5.56 Å². The summed E-state index contributed by atoms with van der Waals surface area (Å²) in [4.78, 5) is 23.8. The van der Waals surface area contributed by atoms with Crippen LogP contribution in [0.25, 0.3) is 0 Å². The first-order valence-corrected chi connectivity index (χ1v) is 7.54. The molecule has 0 saturated carbocycles. The Bertz CT molecular complexity index is 808. The van der Waals surface area contributed by atoms with Gasteiger partial charge in [0.05, 0.1) is 26.1 Å². The molecule has 2 rings (SSSR count). The standard InChI is InChI=1S/C17H16ClN3O4/c1-24-12-7-8-15(25-2)14(9-12)20-16(22)17(23)21-19-10-11-5-3-4-6-13(11)18/h3-10H,1-2H3,(H,20,22)(H,21,23)/b19-10+. The first kappa shape index (κ1) is 18.3. The Morgan fingerprint density at radius 3 is 2.52 bits per heavy atom. The number of anilines is 1. The molecule has 0 aliphatic rings. The van der Waals surface area contributed by atoms with E-state index in [0.29, 0.717) is 27.8 Å². The second-order valence-corrected chi connectivity index (χ2v) is 5.15. The van der Waals surface area contributed by atoms with E-state index in [9.17, 15) is 9.59 Å². The number of hydrazone groups is 1. The highest BCUT2D eigenvalue weighted by Gasteiger charge is 2.16. The minimum atomic E-state index is -0.937. The van der Waals surface area contributed by atoms with Crippen LogP contribution in [0, 0.1) is 0 Å². The number of nitrogens with one attached hydrogen (secondary N) is 2. The van der Waals surface area contributed by atoms with Crippen molar-refractivity contribution in [1.29, 1.82) is 0 Å². The Balaban J connectivity index is 2.01. The van der Waals surface area contributed by atoms with Gasteiger partial charge in [-0.05, 0) is 18.2 Å². The van der Waals surface area contributed by atoms with Gasteiger partial charge >= 0.3 is 11.8 Å². The average molecular weight is 362 g/mol. The van der Waals surface area contributed by atoms with Gasteiger partial charge in [-0.3, -0.25) is 9.59 Å². The molecule has 0 aliphatic heterocycles. The highest BCUT2D eigenvalue weighted by Crippen LogP contribution is 2.28. The molecule has 2 amide bonds. The first-order valence-electron chi connectivity index (χ1n) is 7.16. The molecule has 2 aromatic rings. The maximum atomic E-state index is 12.0. The zero-order chi connectivity index (χ0) is 18.2. The average Bonchev–Trinajstić information content (AvgIpc) is 2.63. The second-order valence-electron chi connectivity index (χ2n) is 4.74. The molecule has 8 heteroatoms. The van der Waals surface area contributed by atoms with Gasteiger partial charge in [-0.1, -0.05) is 29.8 Å². The fraction of sp³-hybridized carbons (Fsp3) is 0.118. The van der Waals surface area contributed by atoms with E-state index in [1.165, 1.54) is 26.5 Å². The van der Waals surface area contributed by atoms with Crippen molar-refractivity contribution in [2.45, 2.75) is 0 Å².